The van der Waals surface area contributed by atoms with Crippen molar-refractivity contribution in [3.8, 4) is 11.5 Å². The molecule has 2 rings (SSSR count). The van der Waals surface area contributed by atoms with E-state index in [9.17, 15) is 0 Å². The molecule has 0 atom stereocenters. The lowest BCUT2D eigenvalue weighted by atomic mass is 10.1. The van der Waals surface area contributed by atoms with Crippen LogP contribution < -0.4 is 25.0 Å². The quantitative estimate of drug-likeness (QED) is 0.305. The van der Waals surface area contributed by atoms with Gasteiger partial charge in [0.15, 0.2) is 17.5 Å². The normalized spacial score (nSPS) is 10.7. The lowest BCUT2D eigenvalue weighted by Crippen LogP contribution is -2.38. The molecule has 0 bridgehead atoms. The van der Waals surface area contributed by atoms with Crippen molar-refractivity contribution in [1.82, 2.24) is 10.6 Å². The summed E-state index contributed by atoms with van der Waals surface area (Å²) in [6.45, 7) is 4.31. The molecule has 0 aromatic heterocycles. The van der Waals surface area contributed by atoms with Crippen molar-refractivity contribution in [2.75, 3.05) is 46.3 Å². The van der Waals surface area contributed by atoms with Crippen molar-refractivity contribution < 1.29 is 9.47 Å². The number of nitrogens with zero attached hydrogens (tertiary/aromatic N) is 2. The molecule has 6 nitrogen and oxygen atoms in total. The number of nitrogens with one attached hydrogen (secondary N) is 2. The van der Waals surface area contributed by atoms with Gasteiger partial charge in [0.05, 0.1) is 20.8 Å². The summed E-state index contributed by atoms with van der Waals surface area (Å²) in [5.41, 5.74) is 3.55. The number of anilines is 1. The minimum Gasteiger partial charge on any atom is -0.493 e. The molecule has 0 spiro atoms. The molecule has 0 saturated heterocycles. The van der Waals surface area contributed by atoms with E-state index in [2.05, 4.69) is 57.8 Å². The van der Waals surface area contributed by atoms with E-state index in [1.54, 1.807) is 14.2 Å². The summed E-state index contributed by atoms with van der Waals surface area (Å²) in [6, 6.07) is 14.5. The van der Waals surface area contributed by atoms with Gasteiger partial charge in [-0.2, -0.15) is 0 Å². The highest BCUT2D eigenvalue weighted by molar-refractivity contribution is 14.0. The Kier molecular flexibility index (Phi) is 11.3. The van der Waals surface area contributed by atoms with Gasteiger partial charge in [0.25, 0.3) is 0 Å². The summed E-state index contributed by atoms with van der Waals surface area (Å²) < 4.78 is 10.7. The van der Waals surface area contributed by atoms with E-state index in [0.29, 0.717) is 6.54 Å². The first-order valence-corrected chi connectivity index (χ1v) is 9.56. The number of methoxy groups -OCH3 is 2. The number of ether oxygens (including phenoxy) is 2. The third-order valence-corrected chi connectivity index (χ3v) is 4.37. The fraction of sp³-hybridized carbons (Fsp3) is 0.409. The number of hydrogen-bond acceptors (Lipinski definition) is 4. The molecule has 0 amide bonds. The van der Waals surface area contributed by atoms with E-state index in [4.69, 9.17) is 9.47 Å². The summed E-state index contributed by atoms with van der Waals surface area (Å²) in [6.07, 6.45) is 0.863. The highest BCUT2D eigenvalue weighted by atomic mass is 127. The summed E-state index contributed by atoms with van der Waals surface area (Å²) in [7, 11) is 7.38. The zero-order valence-electron chi connectivity index (χ0n) is 18.0. The molecular weight excluding hydrogens is 479 g/mol. The first-order chi connectivity index (χ1) is 13.6. The molecule has 0 aliphatic rings. The van der Waals surface area contributed by atoms with Gasteiger partial charge < -0.3 is 25.0 Å². The van der Waals surface area contributed by atoms with Gasteiger partial charge in [0.2, 0.25) is 0 Å². The lowest BCUT2D eigenvalue weighted by molar-refractivity contribution is 0.354. The van der Waals surface area contributed by atoms with E-state index in [1.165, 1.54) is 16.8 Å². The fourth-order valence-electron chi connectivity index (χ4n) is 2.77. The van der Waals surface area contributed by atoms with E-state index in [-0.39, 0.29) is 24.0 Å². The SMILES string of the molecule is CCNC(=NCc1ccc(N(C)C)cc1)NCCc1ccc(OC)c(OC)c1.I. The first kappa shape index (κ1) is 24.9. The van der Waals surface area contributed by atoms with Crippen molar-refractivity contribution in [3.05, 3.63) is 53.6 Å². The molecule has 0 unspecified atom stereocenters. The second kappa shape index (κ2) is 13.1. The van der Waals surface area contributed by atoms with E-state index < -0.39 is 0 Å². The maximum atomic E-state index is 5.37. The molecule has 0 heterocycles. The van der Waals surface area contributed by atoms with Crippen LogP contribution in [-0.4, -0.2) is 47.4 Å². The minimum absolute atomic E-state index is 0. The maximum absolute atomic E-state index is 5.37. The molecule has 0 radical (unpaired) electrons. The maximum Gasteiger partial charge on any atom is 0.191 e. The van der Waals surface area contributed by atoms with E-state index in [1.807, 2.05) is 26.2 Å². The molecule has 0 saturated carbocycles. The van der Waals surface area contributed by atoms with Gasteiger partial charge in [-0.1, -0.05) is 18.2 Å². The Bertz CT molecular complexity index is 764. The van der Waals surface area contributed by atoms with E-state index >= 15 is 0 Å². The third-order valence-electron chi connectivity index (χ3n) is 4.37. The number of aliphatic imine (C=N–C) groups is 1. The van der Waals surface area contributed by atoms with Gasteiger partial charge in [-0.25, -0.2) is 4.99 Å². The van der Waals surface area contributed by atoms with Crippen LogP contribution >= 0.6 is 24.0 Å². The van der Waals surface area contributed by atoms with Crippen LogP contribution in [0.25, 0.3) is 0 Å². The molecular formula is C22H33IN4O2. The second-order valence-electron chi connectivity index (χ2n) is 6.62. The molecule has 7 heteroatoms. The van der Waals surface area contributed by atoms with Crippen molar-refractivity contribution in [3.63, 3.8) is 0 Å². The van der Waals surface area contributed by atoms with Gasteiger partial charge in [-0.3, -0.25) is 0 Å². The zero-order chi connectivity index (χ0) is 20.4. The molecule has 2 N–H and O–H groups in total. The average Bonchev–Trinajstić information content (AvgIpc) is 2.72. The first-order valence-electron chi connectivity index (χ1n) is 9.56. The van der Waals surface area contributed by atoms with E-state index in [0.717, 1.165) is 37.0 Å². The zero-order valence-corrected chi connectivity index (χ0v) is 20.3. The van der Waals surface area contributed by atoms with Gasteiger partial charge in [-0.15, -0.1) is 24.0 Å². The Morgan fingerprint density at radius 2 is 1.59 bits per heavy atom. The van der Waals surface area contributed by atoms with Crippen LogP contribution in [0.15, 0.2) is 47.5 Å². The minimum atomic E-state index is 0. The van der Waals surface area contributed by atoms with Gasteiger partial charge in [0, 0.05) is 32.9 Å². The Hall–Kier alpha value is -2.16. The van der Waals surface area contributed by atoms with Gasteiger partial charge in [-0.05, 0) is 48.7 Å². The topological polar surface area (TPSA) is 58.1 Å². The highest BCUT2D eigenvalue weighted by Crippen LogP contribution is 2.27. The predicted molar refractivity (Wildman–Crippen MR) is 132 cm³/mol. The van der Waals surface area contributed by atoms with Crippen LogP contribution in [-0.2, 0) is 13.0 Å². The van der Waals surface area contributed by atoms with Crippen LogP contribution in [0.4, 0.5) is 5.69 Å². The van der Waals surface area contributed by atoms with Crippen LogP contribution in [0.2, 0.25) is 0 Å². The average molecular weight is 512 g/mol. The monoisotopic (exact) mass is 512 g/mol. The lowest BCUT2D eigenvalue weighted by Gasteiger charge is -2.14. The van der Waals surface area contributed by atoms with Crippen molar-refractivity contribution in [2.24, 2.45) is 4.99 Å². The number of halogens is 1. The largest absolute Gasteiger partial charge is 0.493 e. The van der Waals surface area contributed by atoms with Crippen LogP contribution in [0.3, 0.4) is 0 Å². The van der Waals surface area contributed by atoms with Crippen LogP contribution in [0.1, 0.15) is 18.1 Å². The summed E-state index contributed by atoms with van der Waals surface area (Å²) in [5.74, 6) is 2.32. The number of rotatable bonds is 9. The highest BCUT2D eigenvalue weighted by Gasteiger charge is 2.05. The number of guanidine groups is 1. The third kappa shape index (κ3) is 8.00. The molecule has 0 fully saturated rings. The molecule has 2 aromatic carbocycles. The second-order valence-corrected chi connectivity index (χ2v) is 6.62. The molecule has 0 aliphatic heterocycles. The molecule has 160 valence electrons. The van der Waals surface area contributed by atoms with Crippen molar-refractivity contribution in [2.45, 2.75) is 19.9 Å². The number of hydrogen-bond donors (Lipinski definition) is 2. The Morgan fingerprint density at radius 1 is 0.931 bits per heavy atom. The fourth-order valence-corrected chi connectivity index (χ4v) is 2.77. The van der Waals surface area contributed by atoms with Crippen LogP contribution in [0.5, 0.6) is 11.5 Å². The smallest absolute Gasteiger partial charge is 0.191 e. The molecule has 2 aromatic rings. The summed E-state index contributed by atoms with van der Waals surface area (Å²) >= 11 is 0. The molecule has 29 heavy (non-hydrogen) atoms. The number of benzene rings is 2. The predicted octanol–water partition coefficient (Wildman–Crippen LogP) is 3.69. The van der Waals surface area contributed by atoms with Crippen LogP contribution in [0, 0.1) is 0 Å². The Balaban J connectivity index is 0.00000420. The van der Waals surface area contributed by atoms with Gasteiger partial charge >= 0.3 is 0 Å². The summed E-state index contributed by atoms with van der Waals surface area (Å²) in [5, 5.41) is 6.69. The molecule has 0 aliphatic carbocycles. The standard InChI is InChI=1S/C22H32N4O2.HI/c1-6-23-22(25-16-18-7-10-19(11-8-18)26(2)3)24-14-13-17-9-12-20(27-4)21(15-17)28-5;/h7-12,15H,6,13-14,16H2,1-5H3,(H2,23,24,25);1H. The van der Waals surface area contributed by atoms with Crippen molar-refractivity contribution in [1.29, 1.82) is 0 Å². The Morgan fingerprint density at radius 3 is 2.17 bits per heavy atom. The van der Waals surface area contributed by atoms with Gasteiger partial charge in [0.1, 0.15) is 0 Å². The van der Waals surface area contributed by atoms with Crippen molar-refractivity contribution >= 4 is 35.6 Å². The Labute approximate surface area is 191 Å². The summed E-state index contributed by atoms with van der Waals surface area (Å²) in [4.78, 5) is 6.78.